The number of benzene rings is 1. The van der Waals surface area contributed by atoms with Crippen LogP contribution in [0.4, 0.5) is 0 Å². The van der Waals surface area contributed by atoms with Gasteiger partial charge in [0.1, 0.15) is 0 Å². The van der Waals surface area contributed by atoms with Crippen molar-refractivity contribution in [1.82, 2.24) is 10.2 Å². The number of amides is 1. The van der Waals surface area contributed by atoms with Crippen LogP contribution >= 0.6 is 0 Å². The highest BCUT2D eigenvalue weighted by Crippen LogP contribution is 2.11. The SMILES string of the molecule is Cc1ccc(C#CCCO)cc1C(=O)NCC(C)N(C)C. The van der Waals surface area contributed by atoms with Crippen molar-refractivity contribution in [2.75, 3.05) is 27.2 Å². The number of rotatable bonds is 5. The van der Waals surface area contributed by atoms with E-state index in [4.69, 9.17) is 5.11 Å². The summed E-state index contributed by atoms with van der Waals surface area (Å²) < 4.78 is 0. The topological polar surface area (TPSA) is 52.6 Å². The smallest absolute Gasteiger partial charge is 0.251 e. The van der Waals surface area contributed by atoms with E-state index in [2.05, 4.69) is 29.0 Å². The molecule has 4 heteroatoms. The number of likely N-dealkylation sites (N-methyl/N-ethyl adjacent to an activating group) is 1. The quantitative estimate of drug-likeness (QED) is 0.806. The fourth-order valence-electron chi connectivity index (χ4n) is 1.68. The highest BCUT2D eigenvalue weighted by atomic mass is 16.2. The first kappa shape index (κ1) is 17.2. The van der Waals surface area contributed by atoms with Gasteiger partial charge < -0.3 is 15.3 Å². The molecule has 0 bridgehead atoms. The van der Waals surface area contributed by atoms with Gasteiger partial charge in [0.25, 0.3) is 5.91 Å². The van der Waals surface area contributed by atoms with Crippen molar-refractivity contribution >= 4 is 5.91 Å². The molecule has 21 heavy (non-hydrogen) atoms. The predicted molar refractivity (Wildman–Crippen MR) is 85.2 cm³/mol. The Morgan fingerprint density at radius 3 is 2.76 bits per heavy atom. The van der Waals surface area contributed by atoms with Gasteiger partial charge >= 0.3 is 0 Å². The average Bonchev–Trinajstić information content (AvgIpc) is 2.46. The summed E-state index contributed by atoms with van der Waals surface area (Å²) in [6.07, 6.45) is 0.440. The molecule has 0 heterocycles. The van der Waals surface area contributed by atoms with Crippen LogP contribution < -0.4 is 5.32 Å². The van der Waals surface area contributed by atoms with Gasteiger partial charge in [-0.1, -0.05) is 17.9 Å². The lowest BCUT2D eigenvalue weighted by molar-refractivity contribution is 0.0943. The third-order valence-corrected chi connectivity index (χ3v) is 3.39. The molecule has 1 atom stereocenters. The molecule has 1 aromatic carbocycles. The molecule has 4 nitrogen and oxygen atoms in total. The van der Waals surface area contributed by atoms with Crippen molar-refractivity contribution in [1.29, 1.82) is 0 Å². The number of carbonyl (C=O) groups excluding carboxylic acids is 1. The highest BCUT2D eigenvalue weighted by molar-refractivity contribution is 5.96. The van der Waals surface area contributed by atoms with Crippen LogP contribution in [0.15, 0.2) is 18.2 Å². The summed E-state index contributed by atoms with van der Waals surface area (Å²) in [5.74, 6) is 5.74. The number of aryl methyl sites for hydroxylation is 1. The molecule has 0 aliphatic rings. The van der Waals surface area contributed by atoms with Crippen LogP contribution in [0.5, 0.6) is 0 Å². The Morgan fingerprint density at radius 1 is 1.43 bits per heavy atom. The lowest BCUT2D eigenvalue weighted by Gasteiger charge is -2.20. The van der Waals surface area contributed by atoms with Gasteiger partial charge in [0, 0.05) is 30.1 Å². The molecule has 0 saturated carbocycles. The highest BCUT2D eigenvalue weighted by Gasteiger charge is 2.11. The first-order chi connectivity index (χ1) is 9.95. The Balaban J connectivity index is 2.79. The monoisotopic (exact) mass is 288 g/mol. The van der Waals surface area contributed by atoms with Crippen LogP contribution in [0.25, 0.3) is 0 Å². The number of aliphatic hydroxyl groups is 1. The second kappa shape index (κ2) is 8.46. The first-order valence-electron chi connectivity index (χ1n) is 7.10. The van der Waals surface area contributed by atoms with Gasteiger partial charge in [-0.2, -0.15) is 0 Å². The Kier molecular flexibility index (Phi) is 6.93. The molecule has 1 unspecified atom stereocenters. The van der Waals surface area contributed by atoms with Crippen molar-refractivity contribution in [3.8, 4) is 11.8 Å². The van der Waals surface area contributed by atoms with E-state index in [1.807, 2.05) is 33.2 Å². The van der Waals surface area contributed by atoms with Gasteiger partial charge in [0.05, 0.1) is 6.61 Å². The zero-order valence-electron chi connectivity index (χ0n) is 13.2. The predicted octanol–water partition coefficient (Wildman–Crippen LogP) is 1.41. The summed E-state index contributed by atoms with van der Waals surface area (Å²) in [7, 11) is 3.97. The van der Waals surface area contributed by atoms with Crippen molar-refractivity contribution in [2.24, 2.45) is 0 Å². The summed E-state index contributed by atoms with van der Waals surface area (Å²) >= 11 is 0. The van der Waals surface area contributed by atoms with Gasteiger partial charge in [-0.05, 0) is 45.6 Å². The largest absolute Gasteiger partial charge is 0.395 e. The van der Waals surface area contributed by atoms with E-state index in [0.29, 0.717) is 18.5 Å². The third kappa shape index (κ3) is 5.58. The molecule has 0 aliphatic carbocycles. The number of aliphatic hydroxyl groups excluding tert-OH is 1. The van der Waals surface area contributed by atoms with Gasteiger partial charge in [-0.3, -0.25) is 4.79 Å². The van der Waals surface area contributed by atoms with Crippen molar-refractivity contribution in [3.63, 3.8) is 0 Å². The lowest BCUT2D eigenvalue weighted by Crippen LogP contribution is -2.38. The zero-order valence-corrected chi connectivity index (χ0v) is 13.2. The zero-order chi connectivity index (χ0) is 15.8. The maximum atomic E-state index is 12.3. The molecule has 0 saturated heterocycles. The molecule has 2 N–H and O–H groups in total. The van der Waals surface area contributed by atoms with Crippen molar-refractivity contribution < 1.29 is 9.90 Å². The standard InChI is InChI=1S/C17H24N2O2/c1-13-8-9-15(7-5-6-10-20)11-16(13)17(21)18-12-14(2)19(3)4/h8-9,11,14,20H,6,10,12H2,1-4H3,(H,18,21). The maximum absolute atomic E-state index is 12.3. The Hall–Kier alpha value is -1.83. The summed E-state index contributed by atoms with van der Waals surface area (Å²) in [5.41, 5.74) is 2.37. The molecule has 0 fully saturated rings. The second-order valence-electron chi connectivity index (χ2n) is 5.33. The fraction of sp³-hybridized carbons (Fsp3) is 0.471. The summed E-state index contributed by atoms with van der Waals surface area (Å²) in [4.78, 5) is 14.3. The number of carbonyl (C=O) groups is 1. The van der Waals surface area contributed by atoms with E-state index in [9.17, 15) is 4.79 Å². The van der Waals surface area contributed by atoms with Gasteiger partial charge in [0.15, 0.2) is 0 Å². The molecular formula is C17H24N2O2. The van der Waals surface area contributed by atoms with Crippen LogP contribution in [-0.2, 0) is 0 Å². The minimum Gasteiger partial charge on any atom is -0.395 e. The number of hydrogen-bond acceptors (Lipinski definition) is 3. The molecule has 0 aromatic heterocycles. The van der Waals surface area contributed by atoms with Crippen molar-refractivity contribution in [3.05, 3.63) is 34.9 Å². The van der Waals surface area contributed by atoms with Crippen LogP contribution in [0.3, 0.4) is 0 Å². The van der Waals surface area contributed by atoms with Crippen LogP contribution in [0, 0.1) is 18.8 Å². The van der Waals surface area contributed by atoms with E-state index in [1.165, 1.54) is 0 Å². The second-order valence-corrected chi connectivity index (χ2v) is 5.33. The van der Waals surface area contributed by atoms with Crippen LogP contribution in [0.2, 0.25) is 0 Å². The van der Waals surface area contributed by atoms with Crippen LogP contribution in [0.1, 0.15) is 34.8 Å². The molecule has 0 radical (unpaired) electrons. The molecule has 0 aliphatic heterocycles. The molecule has 1 amide bonds. The van der Waals surface area contributed by atoms with Crippen LogP contribution in [-0.4, -0.2) is 49.2 Å². The minimum atomic E-state index is -0.0768. The Morgan fingerprint density at radius 2 is 2.14 bits per heavy atom. The molecule has 0 spiro atoms. The van der Waals surface area contributed by atoms with E-state index < -0.39 is 0 Å². The normalized spacial score (nSPS) is 11.7. The van der Waals surface area contributed by atoms with E-state index >= 15 is 0 Å². The van der Waals surface area contributed by atoms with E-state index in [0.717, 1.165) is 11.1 Å². The number of hydrogen-bond donors (Lipinski definition) is 2. The lowest BCUT2D eigenvalue weighted by atomic mass is 10.0. The third-order valence-electron chi connectivity index (χ3n) is 3.39. The number of nitrogens with one attached hydrogen (secondary N) is 1. The molecule has 1 rings (SSSR count). The van der Waals surface area contributed by atoms with Gasteiger partial charge in [0.2, 0.25) is 0 Å². The Bertz CT molecular complexity index is 541. The van der Waals surface area contributed by atoms with Gasteiger partial charge in [-0.15, -0.1) is 0 Å². The van der Waals surface area contributed by atoms with Gasteiger partial charge in [-0.25, -0.2) is 0 Å². The van der Waals surface area contributed by atoms with Crippen molar-refractivity contribution in [2.45, 2.75) is 26.3 Å². The first-order valence-corrected chi connectivity index (χ1v) is 7.10. The number of nitrogens with zero attached hydrogens (tertiary/aromatic N) is 1. The molecule has 114 valence electrons. The molecule has 1 aromatic rings. The Labute approximate surface area is 127 Å². The maximum Gasteiger partial charge on any atom is 0.251 e. The average molecular weight is 288 g/mol. The summed E-state index contributed by atoms with van der Waals surface area (Å²) in [6.45, 7) is 4.62. The molecular weight excluding hydrogens is 264 g/mol. The minimum absolute atomic E-state index is 0.0502. The fourth-order valence-corrected chi connectivity index (χ4v) is 1.68. The van der Waals surface area contributed by atoms with E-state index in [1.54, 1.807) is 6.07 Å². The summed E-state index contributed by atoms with van der Waals surface area (Å²) in [6, 6.07) is 5.86. The van der Waals surface area contributed by atoms with E-state index in [-0.39, 0.29) is 18.6 Å². The summed E-state index contributed by atoms with van der Waals surface area (Å²) in [5, 5.41) is 11.7.